The fraction of sp³-hybridized carbons (Fsp3) is 0.409. The van der Waals surface area contributed by atoms with Crippen molar-refractivity contribution in [1.82, 2.24) is 4.31 Å². The second kappa shape index (κ2) is 7.80. The van der Waals surface area contributed by atoms with Crippen LogP contribution in [-0.4, -0.2) is 51.4 Å². The van der Waals surface area contributed by atoms with Crippen molar-refractivity contribution in [3.63, 3.8) is 0 Å². The summed E-state index contributed by atoms with van der Waals surface area (Å²) in [7, 11) is -3.56. The summed E-state index contributed by atoms with van der Waals surface area (Å²) >= 11 is 0. The molecule has 0 aromatic heterocycles. The van der Waals surface area contributed by atoms with Gasteiger partial charge in [-0.2, -0.15) is 4.31 Å². The van der Waals surface area contributed by atoms with E-state index in [9.17, 15) is 13.2 Å². The fourth-order valence-electron chi connectivity index (χ4n) is 4.16. The SMILES string of the molecule is Cc1cccc(N2CCN(S(=O)(=O)c3ccc(N4CCCC4=O)cc3C)CC2)c1. The number of piperazine rings is 1. The number of sulfonamides is 1. The maximum Gasteiger partial charge on any atom is 0.243 e. The van der Waals surface area contributed by atoms with Crippen molar-refractivity contribution >= 4 is 27.3 Å². The first kappa shape index (κ1) is 19.9. The lowest BCUT2D eigenvalue weighted by molar-refractivity contribution is -0.117. The molecule has 0 bridgehead atoms. The Morgan fingerprint density at radius 3 is 2.24 bits per heavy atom. The molecule has 2 saturated heterocycles. The summed E-state index contributed by atoms with van der Waals surface area (Å²) in [5, 5.41) is 0. The number of nitrogens with zero attached hydrogens (tertiary/aromatic N) is 3. The first-order chi connectivity index (χ1) is 13.9. The van der Waals surface area contributed by atoms with Gasteiger partial charge in [0, 0.05) is 50.5 Å². The number of rotatable bonds is 4. The Bertz CT molecular complexity index is 1030. The van der Waals surface area contributed by atoms with Gasteiger partial charge in [-0.05, 0) is 61.7 Å². The van der Waals surface area contributed by atoms with Crippen LogP contribution in [0.15, 0.2) is 47.4 Å². The van der Waals surface area contributed by atoms with Gasteiger partial charge in [0.15, 0.2) is 0 Å². The molecule has 4 rings (SSSR count). The highest BCUT2D eigenvalue weighted by molar-refractivity contribution is 7.89. The minimum atomic E-state index is -3.56. The molecule has 29 heavy (non-hydrogen) atoms. The molecule has 7 heteroatoms. The molecule has 2 fully saturated rings. The van der Waals surface area contributed by atoms with Crippen LogP contribution in [0.2, 0.25) is 0 Å². The molecular weight excluding hydrogens is 386 g/mol. The van der Waals surface area contributed by atoms with Crippen molar-refractivity contribution in [3.05, 3.63) is 53.6 Å². The molecule has 0 spiro atoms. The van der Waals surface area contributed by atoms with Crippen molar-refractivity contribution in [2.75, 3.05) is 42.5 Å². The predicted molar refractivity (Wildman–Crippen MR) is 115 cm³/mol. The molecule has 2 aliphatic rings. The number of aryl methyl sites for hydroxylation is 2. The zero-order valence-electron chi connectivity index (χ0n) is 17.0. The van der Waals surface area contributed by atoms with Crippen molar-refractivity contribution < 1.29 is 13.2 Å². The van der Waals surface area contributed by atoms with Crippen molar-refractivity contribution in [1.29, 1.82) is 0 Å². The van der Waals surface area contributed by atoms with Gasteiger partial charge in [0.1, 0.15) is 0 Å². The molecule has 2 aromatic carbocycles. The predicted octanol–water partition coefficient (Wildman–Crippen LogP) is 2.94. The first-order valence-electron chi connectivity index (χ1n) is 10.1. The summed E-state index contributed by atoms with van der Waals surface area (Å²) in [6.45, 7) is 6.83. The number of carbonyl (C=O) groups is 1. The van der Waals surface area contributed by atoms with Crippen molar-refractivity contribution in [2.24, 2.45) is 0 Å². The van der Waals surface area contributed by atoms with Gasteiger partial charge in [0.05, 0.1) is 4.90 Å². The summed E-state index contributed by atoms with van der Waals surface area (Å²) in [6, 6.07) is 13.5. The number of benzene rings is 2. The van der Waals surface area contributed by atoms with Gasteiger partial charge in [-0.15, -0.1) is 0 Å². The normalized spacial score (nSPS) is 18.5. The van der Waals surface area contributed by atoms with Gasteiger partial charge in [-0.25, -0.2) is 8.42 Å². The lowest BCUT2D eigenvalue weighted by atomic mass is 10.2. The molecule has 0 atom stereocenters. The van der Waals surface area contributed by atoms with Gasteiger partial charge in [0.25, 0.3) is 0 Å². The lowest BCUT2D eigenvalue weighted by Gasteiger charge is -2.35. The molecule has 0 unspecified atom stereocenters. The van der Waals surface area contributed by atoms with Crippen LogP contribution in [0.25, 0.3) is 0 Å². The van der Waals surface area contributed by atoms with Crippen LogP contribution in [0.4, 0.5) is 11.4 Å². The van der Waals surface area contributed by atoms with Crippen LogP contribution in [0.3, 0.4) is 0 Å². The lowest BCUT2D eigenvalue weighted by Crippen LogP contribution is -2.48. The number of hydrogen-bond donors (Lipinski definition) is 0. The van der Waals surface area contributed by atoms with E-state index in [1.807, 2.05) is 12.1 Å². The second-order valence-electron chi connectivity index (χ2n) is 7.83. The average Bonchev–Trinajstić information content (AvgIpc) is 3.14. The minimum absolute atomic E-state index is 0.104. The van der Waals surface area contributed by atoms with E-state index in [4.69, 9.17) is 0 Å². The van der Waals surface area contributed by atoms with Crippen LogP contribution in [0.1, 0.15) is 24.0 Å². The van der Waals surface area contributed by atoms with Crippen LogP contribution < -0.4 is 9.80 Å². The standard InChI is InChI=1S/C22H27N3O3S/c1-17-5-3-6-19(15-17)23-11-13-24(14-12-23)29(27,28)21-9-8-20(16-18(21)2)25-10-4-7-22(25)26/h3,5-6,8-9,15-16H,4,7,10-14H2,1-2H3. The topological polar surface area (TPSA) is 60.9 Å². The molecule has 0 radical (unpaired) electrons. The van der Waals surface area contributed by atoms with Gasteiger partial charge in [-0.1, -0.05) is 12.1 Å². The quantitative estimate of drug-likeness (QED) is 0.773. The molecule has 2 aromatic rings. The number of amides is 1. The van der Waals surface area contributed by atoms with Crippen LogP contribution in [0.5, 0.6) is 0 Å². The summed E-state index contributed by atoms with van der Waals surface area (Å²) in [6.07, 6.45) is 1.41. The van der Waals surface area contributed by atoms with E-state index in [0.717, 1.165) is 17.8 Å². The Morgan fingerprint density at radius 2 is 1.62 bits per heavy atom. The van der Waals surface area contributed by atoms with Gasteiger partial charge < -0.3 is 9.80 Å². The highest BCUT2D eigenvalue weighted by atomic mass is 32.2. The van der Waals surface area contributed by atoms with E-state index in [0.29, 0.717) is 49.6 Å². The largest absolute Gasteiger partial charge is 0.369 e. The zero-order chi connectivity index (χ0) is 20.6. The molecule has 6 nitrogen and oxygen atoms in total. The second-order valence-corrected chi connectivity index (χ2v) is 9.74. The molecule has 0 aliphatic carbocycles. The van der Waals surface area contributed by atoms with Crippen LogP contribution in [-0.2, 0) is 14.8 Å². The first-order valence-corrected chi connectivity index (χ1v) is 11.5. The molecule has 0 N–H and O–H groups in total. The van der Waals surface area contributed by atoms with E-state index in [1.54, 1.807) is 28.3 Å². The Labute approximate surface area is 172 Å². The number of carbonyl (C=O) groups excluding carboxylic acids is 1. The molecule has 154 valence electrons. The highest BCUT2D eigenvalue weighted by Crippen LogP contribution is 2.28. The van der Waals surface area contributed by atoms with Gasteiger partial charge >= 0.3 is 0 Å². The van der Waals surface area contributed by atoms with Crippen molar-refractivity contribution in [3.8, 4) is 0 Å². The van der Waals surface area contributed by atoms with Crippen LogP contribution >= 0.6 is 0 Å². The smallest absolute Gasteiger partial charge is 0.243 e. The maximum absolute atomic E-state index is 13.2. The monoisotopic (exact) mass is 413 g/mol. The summed E-state index contributed by atoms with van der Waals surface area (Å²) in [4.78, 5) is 16.3. The third-order valence-corrected chi connectivity index (χ3v) is 7.83. The number of anilines is 2. The third-order valence-electron chi connectivity index (χ3n) is 5.77. The van der Waals surface area contributed by atoms with Gasteiger partial charge in [-0.3, -0.25) is 4.79 Å². The molecular formula is C22H27N3O3S. The maximum atomic E-state index is 13.2. The Morgan fingerprint density at radius 1 is 0.862 bits per heavy atom. The van der Waals surface area contributed by atoms with E-state index in [-0.39, 0.29) is 5.91 Å². The fourth-order valence-corrected chi connectivity index (χ4v) is 5.79. The van der Waals surface area contributed by atoms with Crippen molar-refractivity contribution in [2.45, 2.75) is 31.6 Å². The van der Waals surface area contributed by atoms with Crippen LogP contribution in [0, 0.1) is 13.8 Å². The summed E-state index contributed by atoms with van der Waals surface area (Å²) in [5.41, 5.74) is 3.80. The summed E-state index contributed by atoms with van der Waals surface area (Å²) < 4.78 is 28.0. The Hall–Kier alpha value is -2.38. The van der Waals surface area contributed by atoms with E-state index < -0.39 is 10.0 Å². The molecule has 2 aliphatic heterocycles. The Balaban J connectivity index is 1.50. The summed E-state index contributed by atoms with van der Waals surface area (Å²) in [5.74, 6) is 0.104. The third kappa shape index (κ3) is 3.89. The van der Waals surface area contributed by atoms with Gasteiger partial charge in [0.2, 0.25) is 15.9 Å². The highest BCUT2D eigenvalue weighted by Gasteiger charge is 2.30. The zero-order valence-corrected chi connectivity index (χ0v) is 17.8. The van der Waals surface area contributed by atoms with E-state index in [1.165, 1.54) is 5.56 Å². The Kier molecular flexibility index (Phi) is 5.36. The van der Waals surface area contributed by atoms with E-state index >= 15 is 0 Å². The molecule has 1 amide bonds. The minimum Gasteiger partial charge on any atom is -0.369 e. The average molecular weight is 414 g/mol. The molecule has 0 saturated carbocycles. The number of hydrogen-bond acceptors (Lipinski definition) is 4. The molecule has 2 heterocycles. The van der Waals surface area contributed by atoms with E-state index in [2.05, 4.69) is 30.0 Å².